The van der Waals surface area contributed by atoms with E-state index in [9.17, 15) is 31.9 Å². The van der Waals surface area contributed by atoms with Crippen molar-refractivity contribution in [1.29, 1.82) is 0 Å². The van der Waals surface area contributed by atoms with Gasteiger partial charge in [0.05, 0.1) is 18.2 Å². The summed E-state index contributed by atoms with van der Waals surface area (Å²) in [5.74, 6) is -3.77. The van der Waals surface area contributed by atoms with Crippen molar-refractivity contribution in [3.63, 3.8) is 0 Å². The number of likely N-dealkylation sites (tertiary alicyclic amines) is 1. The largest absolute Gasteiger partial charge is 0.468 e. The maximum Gasteiger partial charge on any atom is 0.422 e. The maximum atomic E-state index is 14.6. The molecular formula is C22H22F5N3O3. The molecule has 3 heterocycles. The monoisotopic (exact) mass is 471 g/mol. The van der Waals surface area contributed by atoms with Gasteiger partial charge >= 0.3 is 6.18 Å². The van der Waals surface area contributed by atoms with Gasteiger partial charge in [-0.05, 0) is 18.1 Å². The smallest absolute Gasteiger partial charge is 0.422 e. The summed E-state index contributed by atoms with van der Waals surface area (Å²) in [6, 6.07) is 8.25. The van der Waals surface area contributed by atoms with Crippen molar-refractivity contribution in [2.24, 2.45) is 0 Å². The summed E-state index contributed by atoms with van der Waals surface area (Å²) in [5, 5.41) is 10.7. The molecule has 0 spiro atoms. The predicted octanol–water partition coefficient (Wildman–Crippen LogP) is 3.21. The Morgan fingerprint density at radius 2 is 1.97 bits per heavy atom. The minimum absolute atomic E-state index is 0.00138. The Labute approximate surface area is 186 Å². The van der Waals surface area contributed by atoms with Gasteiger partial charge in [0.2, 0.25) is 5.88 Å². The minimum Gasteiger partial charge on any atom is -0.468 e. The second-order valence-electron chi connectivity index (χ2n) is 8.23. The molecule has 1 N–H and O–H groups in total. The number of rotatable bonds is 4. The number of fused-ring (bicyclic) bond motifs is 1. The number of hydrogen-bond donors (Lipinski definition) is 1. The first-order valence-electron chi connectivity index (χ1n) is 10.4. The predicted molar refractivity (Wildman–Crippen MR) is 107 cm³/mol. The molecule has 1 amide bonds. The lowest BCUT2D eigenvalue weighted by Gasteiger charge is -2.45. The molecule has 4 rings (SSSR count). The standard InChI is InChI=1S/C22H22F5N3O3/c23-21(24)12-30(10-15-3-1-2-4-16(15)21)17-7-8-29(11-18(17)31)20(32)14-5-6-19(28-9-14)33-13-22(25,26)27/h1-6,9,17-18,31H,7-8,10-13H2. The molecule has 178 valence electrons. The van der Waals surface area contributed by atoms with E-state index in [1.807, 2.05) is 0 Å². The lowest BCUT2D eigenvalue weighted by atomic mass is 9.92. The third-order valence-corrected chi connectivity index (χ3v) is 5.86. The second-order valence-corrected chi connectivity index (χ2v) is 8.23. The Morgan fingerprint density at radius 3 is 2.64 bits per heavy atom. The van der Waals surface area contributed by atoms with Crippen LogP contribution >= 0.6 is 0 Å². The van der Waals surface area contributed by atoms with Crippen molar-refractivity contribution < 1.29 is 36.6 Å². The van der Waals surface area contributed by atoms with E-state index in [2.05, 4.69) is 9.72 Å². The van der Waals surface area contributed by atoms with Crippen LogP contribution < -0.4 is 4.74 Å². The van der Waals surface area contributed by atoms with Crippen molar-refractivity contribution in [1.82, 2.24) is 14.8 Å². The molecule has 1 aromatic heterocycles. The van der Waals surface area contributed by atoms with Crippen LogP contribution in [0.3, 0.4) is 0 Å². The van der Waals surface area contributed by atoms with E-state index in [-0.39, 0.29) is 36.6 Å². The lowest BCUT2D eigenvalue weighted by Crippen LogP contribution is -2.57. The molecule has 2 atom stereocenters. The summed E-state index contributed by atoms with van der Waals surface area (Å²) < 4.78 is 70.5. The number of benzene rings is 1. The number of carbonyl (C=O) groups excluding carboxylic acids is 1. The molecule has 2 aliphatic rings. The first-order valence-corrected chi connectivity index (χ1v) is 10.4. The van der Waals surface area contributed by atoms with Crippen LogP contribution in [0.5, 0.6) is 5.88 Å². The topological polar surface area (TPSA) is 65.9 Å². The zero-order valence-electron chi connectivity index (χ0n) is 17.4. The molecule has 2 aliphatic heterocycles. The molecule has 11 heteroatoms. The van der Waals surface area contributed by atoms with Gasteiger partial charge < -0.3 is 14.7 Å². The number of carbonyl (C=O) groups is 1. The van der Waals surface area contributed by atoms with Crippen LogP contribution in [0.4, 0.5) is 22.0 Å². The number of β-amino-alcohol motifs (C(OH)–C–C–N with tert-alkyl or cyclic N) is 1. The van der Waals surface area contributed by atoms with Crippen molar-refractivity contribution in [3.8, 4) is 5.88 Å². The van der Waals surface area contributed by atoms with Crippen LogP contribution in [0.15, 0.2) is 42.6 Å². The van der Waals surface area contributed by atoms with Gasteiger partial charge in [-0.15, -0.1) is 0 Å². The van der Waals surface area contributed by atoms with E-state index in [4.69, 9.17) is 0 Å². The SMILES string of the molecule is O=C(c1ccc(OCC(F)(F)F)nc1)N1CCC(N2Cc3ccccc3C(F)(F)C2)C(O)C1. The van der Waals surface area contributed by atoms with Crippen molar-refractivity contribution in [3.05, 3.63) is 59.3 Å². The Morgan fingerprint density at radius 1 is 1.21 bits per heavy atom. The highest BCUT2D eigenvalue weighted by Gasteiger charge is 2.44. The maximum absolute atomic E-state index is 14.6. The highest BCUT2D eigenvalue weighted by atomic mass is 19.4. The fraction of sp³-hybridized carbons (Fsp3) is 0.455. The molecule has 2 unspecified atom stereocenters. The summed E-state index contributed by atoms with van der Waals surface area (Å²) in [5.41, 5.74) is 0.635. The van der Waals surface area contributed by atoms with Gasteiger partial charge in [-0.2, -0.15) is 22.0 Å². The molecule has 0 radical (unpaired) electrons. The summed E-state index contributed by atoms with van der Waals surface area (Å²) in [4.78, 5) is 19.4. The fourth-order valence-electron chi connectivity index (χ4n) is 4.32. The molecule has 6 nitrogen and oxygen atoms in total. The van der Waals surface area contributed by atoms with E-state index >= 15 is 0 Å². The van der Waals surface area contributed by atoms with E-state index in [1.54, 1.807) is 23.1 Å². The summed E-state index contributed by atoms with van der Waals surface area (Å²) >= 11 is 0. The quantitative estimate of drug-likeness (QED) is 0.694. The van der Waals surface area contributed by atoms with Crippen LogP contribution in [0.2, 0.25) is 0 Å². The highest BCUT2D eigenvalue weighted by Crippen LogP contribution is 2.38. The summed E-state index contributed by atoms with van der Waals surface area (Å²) in [6.07, 6.45) is -4.14. The van der Waals surface area contributed by atoms with Crippen LogP contribution in [0, 0.1) is 0 Å². The Kier molecular flexibility index (Phi) is 6.28. The second kappa shape index (κ2) is 8.86. The third-order valence-electron chi connectivity index (χ3n) is 5.86. The first kappa shape index (κ1) is 23.4. The zero-order valence-corrected chi connectivity index (χ0v) is 17.4. The highest BCUT2D eigenvalue weighted by molar-refractivity contribution is 5.94. The molecule has 33 heavy (non-hydrogen) atoms. The van der Waals surface area contributed by atoms with Gasteiger partial charge in [-0.1, -0.05) is 24.3 Å². The summed E-state index contributed by atoms with van der Waals surface area (Å²) in [7, 11) is 0. The third kappa shape index (κ3) is 5.25. The number of piperidine rings is 1. The van der Waals surface area contributed by atoms with E-state index in [1.165, 1.54) is 17.0 Å². The Hall–Kier alpha value is -2.79. The summed E-state index contributed by atoms with van der Waals surface area (Å²) in [6.45, 7) is -1.54. The Balaban J connectivity index is 1.38. The van der Waals surface area contributed by atoms with Gasteiger partial charge in [0.15, 0.2) is 6.61 Å². The van der Waals surface area contributed by atoms with Crippen LogP contribution in [-0.4, -0.2) is 70.4 Å². The fourth-order valence-corrected chi connectivity index (χ4v) is 4.32. The van der Waals surface area contributed by atoms with Crippen molar-refractivity contribution in [2.45, 2.75) is 37.2 Å². The van der Waals surface area contributed by atoms with Gasteiger partial charge in [0, 0.05) is 43.5 Å². The molecule has 1 aromatic carbocycles. The van der Waals surface area contributed by atoms with Crippen LogP contribution in [-0.2, 0) is 12.5 Å². The van der Waals surface area contributed by atoms with Gasteiger partial charge in [-0.3, -0.25) is 9.69 Å². The van der Waals surface area contributed by atoms with E-state index < -0.39 is 43.3 Å². The zero-order chi connectivity index (χ0) is 23.8. The van der Waals surface area contributed by atoms with Gasteiger partial charge in [-0.25, -0.2) is 4.98 Å². The number of hydrogen-bond acceptors (Lipinski definition) is 5. The number of aromatic nitrogens is 1. The number of ether oxygens (including phenoxy) is 1. The molecule has 0 saturated carbocycles. The van der Waals surface area contributed by atoms with E-state index in [0.717, 1.165) is 12.3 Å². The molecule has 1 saturated heterocycles. The number of amides is 1. The first-order chi connectivity index (χ1) is 15.5. The van der Waals surface area contributed by atoms with Crippen molar-refractivity contribution >= 4 is 5.91 Å². The average molecular weight is 471 g/mol. The van der Waals surface area contributed by atoms with E-state index in [0.29, 0.717) is 12.0 Å². The normalized spacial score (nSPS) is 23.2. The number of alkyl halides is 5. The number of halogens is 5. The number of pyridine rings is 1. The number of aliphatic hydroxyl groups is 1. The number of aliphatic hydroxyl groups excluding tert-OH is 1. The van der Waals surface area contributed by atoms with Crippen molar-refractivity contribution in [2.75, 3.05) is 26.2 Å². The minimum atomic E-state index is -4.50. The van der Waals surface area contributed by atoms with Gasteiger partial charge in [0.25, 0.3) is 11.8 Å². The lowest BCUT2D eigenvalue weighted by molar-refractivity contribution is -0.154. The van der Waals surface area contributed by atoms with Crippen LogP contribution in [0.1, 0.15) is 27.9 Å². The van der Waals surface area contributed by atoms with Gasteiger partial charge in [0.1, 0.15) is 0 Å². The Bertz CT molecular complexity index is 1000. The number of nitrogens with zero attached hydrogens (tertiary/aromatic N) is 3. The molecular weight excluding hydrogens is 449 g/mol. The van der Waals surface area contributed by atoms with Crippen LogP contribution in [0.25, 0.3) is 0 Å². The average Bonchev–Trinajstić information content (AvgIpc) is 2.76. The molecule has 2 aromatic rings. The molecule has 0 bridgehead atoms. The molecule has 1 fully saturated rings. The molecule has 0 aliphatic carbocycles.